The molecule has 5 rings (SSSR count). The van der Waals surface area contributed by atoms with E-state index in [0.29, 0.717) is 32.1 Å². The minimum Gasteiger partial charge on any atom is -0.394 e. The predicted octanol–water partition coefficient (Wildman–Crippen LogP) is 2.52. The molecule has 0 aromatic heterocycles. The Labute approximate surface area is 281 Å². The van der Waals surface area contributed by atoms with E-state index >= 15 is 0 Å². The van der Waals surface area contributed by atoms with Gasteiger partial charge in [-0.25, -0.2) is 0 Å². The van der Waals surface area contributed by atoms with Crippen LogP contribution in [0, 0.1) is 50.7 Å². The van der Waals surface area contributed by atoms with Gasteiger partial charge in [-0.2, -0.15) is 0 Å². The molecule has 10 nitrogen and oxygen atoms in total. The molecule has 1 aliphatic heterocycles. The number of allylic oxidation sites excluding steroid dienone is 1. The molecule has 5 aliphatic rings. The van der Waals surface area contributed by atoms with E-state index in [2.05, 4.69) is 41.5 Å². The van der Waals surface area contributed by atoms with Crippen molar-refractivity contribution in [3.05, 3.63) is 11.6 Å². The molecule has 1 saturated heterocycles. The number of rotatable bonds is 9. The Kier molecular flexibility index (Phi) is 10.5. The Morgan fingerprint density at radius 1 is 0.894 bits per heavy atom. The molecule has 10 heteroatoms. The first-order valence-corrected chi connectivity index (χ1v) is 18.0. The van der Waals surface area contributed by atoms with Crippen LogP contribution in [0.2, 0.25) is 0 Å². The minimum absolute atomic E-state index is 0.0280. The predicted molar refractivity (Wildman–Crippen MR) is 176 cm³/mol. The van der Waals surface area contributed by atoms with Crippen molar-refractivity contribution in [2.24, 2.45) is 50.7 Å². The average Bonchev–Trinajstić information content (AvgIpc) is 3.39. The van der Waals surface area contributed by atoms with Crippen LogP contribution in [0.1, 0.15) is 99.8 Å². The monoisotopic (exact) mass is 668 g/mol. The van der Waals surface area contributed by atoms with Crippen LogP contribution >= 0.6 is 0 Å². The molecule has 0 bridgehead atoms. The molecule has 16 atom stereocenters. The molecule has 8 N–H and O–H groups in total. The maximum Gasteiger partial charge on any atom is 0.186 e. The highest BCUT2D eigenvalue weighted by atomic mass is 16.7. The molecule has 0 amide bonds. The molecule has 0 unspecified atom stereocenters. The SMILES string of the molecule is C/C(=C/CC[C@](C)(CO[C@@H]1O[C@H](CO)[C@@H](O)[C@H](O)[C@H]1O)[C@H]1CC[C@]2(C)[C@@H]1[C@H](O)C[C@@H]1[C@@]3(C)CC[C@H](O)C(C)(C)[C@@H]3[C@@H](O)C[C@]12C)CO. The maximum absolute atomic E-state index is 12.3. The van der Waals surface area contributed by atoms with Gasteiger partial charge in [-0.15, -0.1) is 0 Å². The van der Waals surface area contributed by atoms with Gasteiger partial charge in [-0.1, -0.05) is 53.2 Å². The van der Waals surface area contributed by atoms with Gasteiger partial charge in [0.25, 0.3) is 0 Å². The third kappa shape index (κ3) is 5.88. The highest BCUT2D eigenvalue weighted by Crippen LogP contribution is 2.76. The Balaban J connectivity index is 1.46. The van der Waals surface area contributed by atoms with E-state index in [0.717, 1.165) is 24.8 Å². The number of ether oxygens (including phenoxy) is 2. The number of hydrogen-bond donors (Lipinski definition) is 8. The molecule has 0 spiro atoms. The molecule has 4 saturated carbocycles. The Morgan fingerprint density at radius 3 is 2.21 bits per heavy atom. The van der Waals surface area contributed by atoms with Crippen LogP contribution in [-0.4, -0.2) is 110 Å². The summed E-state index contributed by atoms with van der Waals surface area (Å²) in [6.07, 6.45) is -0.578. The van der Waals surface area contributed by atoms with Crippen LogP contribution in [0.4, 0.5) is 0 Å². The first kappa shape index (κ1) is 37.6. The molecule has 0 aromatic carbocycles. The molecule has 5 fully saturated rings. The molecule has 0 radical (unpaired) electrons. The van der Waals surface area contributed by atoms with Gasteiger partial charge in [-0.05, 0) is 109 Å². The van der Waals surface area contributed by atoms with Crippen molar-refractivity contribution in [1.29, 1.82) is 0 Å². The van der Waals surface area contributed by atoms with Gasteiger partial charge in [-0.3, -0.25) is 0 Å². The highest BCUT2D eigenvalue weighted by Gasteiger charge is 2.73. The van der Waals surface area contributed by atoms with Crippen LogP contribution in [0.25, 0.3) is 0 Å². The first-order chi connectivity index (χ1) is 21.8. The molecule has 47 heavy (non-hydrogen) atoms. The third-order valence-electron chi connectivity index (χ3n) is 15.0. The average molecular weight is 669 g/mol. The van der Waals surface area contributed by atoms with E-state index in [4.69, 9.17) is 9.47 Å². The fourth-order valence-electron chi connectivity index (χ4n) is 12.3. The van der Waals surface area contributed by atoms with E-state index < -0.39 is 66.5 Å². The number of aliphatic hydroxyl groups is 8. The highest BCUT2D eigenvalue weighted by molar-refractivity contribution is 5.21. The molecule has 4 aliphatic carbocycles. The summed E-state index contributed by atoms with van der Waals surface area (Å²) in [6.45, 7) is 14.8. The Hall–Kier alpha value is -0.660. The maximum atomic E-state index is 12.3. The third-order valence-corrected chi connectivity index (χ3v) is 15.0. The number of fused-ring (bicyclic) bond motifs is 5. The molecule has 0 aromatic rings. The zero-order chi connectivity index (χ0) is 34.9. The van der Waals surface area contributed by atoms with Crippen LogP contribution in [-0.2, 0) is 9.47 Å². The number of hydrogen-bond acceptors (Lipinski definition) is 10. The van der Waals surface area contributed by atoms with Gasteiger partial charge in [0.2, 0.25) is 0 Å². The van der Waals surface area contributed by atoms with E-state index in [9.17, 15) is 40.9 Å². The lowest BCUT2D eigenvalue weighted by atomic mass is 9.34. The lowest BCUT2D eigenvalue weighted by Gasteiger charge is -2.71. The molecular weight excluding hydrogens is 604 g/mol. The van der Waals surface area contributed by atoms with Gasteiger partial charge >= 0.3 is 0 Å². The summed E-state index contributed by atoms with van der Waals surface area (Å²) in [5.74, 6) is 0.0574. The summed E-state index contributed by atoms with van der Waals surface area (Å²) >= 11 is 0. The van der Waals surface area contributed by atoms with Crippen LogP contribution in [0.3, 0.4) is 0 Å². The zero-order valence-corrected chi connectivity index (χ0v) is 29.7. The molecular formula is C37H64O10. The second kappa shape index (κ2) is 13.1. The van der Waals surface area contributed by atoms with Crippen molar-refractivity contribution in [1.82, 2.24) is 0 Å². The number of aliphatic hydroxyl groups excluding tert-OH is 8. The molecule has 1 heterocycles. The minimum atomic E-state index is -1.53. The van der Waals surface area contributed by atoms with Crippen LogP contribution in [0.15, 0.2) is 11.6 Å². The van der Waals surface area contributed by atoms with Crippen molar-refractivity contribution in [3.8, 4) is 0 Å². The fourth-order valence-corrected chi connectivity index (χ4v) is 12.3. The first-order valence-electron chi connectivity index (χ1n) is 18.0. The standard InChI is InChI=1S/C37H64O10/c1-20(17-38)9-8-12-34(4,19-46-32-30(45)29(44)28(43)24(18-39)47-32)21-10-14-36(6)27(21)22(40)15-25-35(5)13-11-26(42)33(2,3)31(35)23(41)16-37(25,36)7/h9,21-32,38-45H,8,10-19H2,1-7H3/b20-9-/t21-,22+,23-,24+,25+,26-,27-,28+,29-,30+,31-,32+,34+,35+,36+,37+/m0/s1. The smallest absolute Gasteiger partial charge is 0.186 e. The second-order valence-corrected chi connectivity index (χ2v) is 17.9. The summed E-state index contributed by atoms with van der Waals surface area (Å²) in [5, 5.41) is 86.0. The summed E-state index contributed by atoms with van der Waals surface area (Å²) < 4.78 is 12.0. The van der Waals surface area contributed by atoms with Crippen molar-refractivity contribution in [2.45, 2.75) is 149 Å². The Bertz CT molecular complexity index is 1140. The fraction of sp³-hybridized carbons (Fsp3) is 0.946. The van der Waals surface area contributed by atoms with E-state index in [-0.39, 0.29) is 53.1 Å². The summed E-state index contributed by atoms with van der Waals surface area (Å²) in [4.78, 5) is 0. The van der Waals surface area contributed by atoms with Gasteiger partial charge in [0, 0.05) is 0 Å². The van der Waals surface area contributed by atoms with Gasteiger partial charge in [0.05, 0.1) is 38.1 Å². The van der Waals surface area contributed by atoms with Crippen LogP contribution < -0.4 is 0 Å². The van der Waals surface area contributed by atoms with Crippen LogP contribution in [0.5, 0.6) is 0 Å². The normalized spacial score (nSPS) is 51.1. The van der Waals surface area contributed by atoms with Crippen molar-refractivity contribution in [2.75, 3.05) is 19.8 Å². The van der Waals surface area contributed by atoms with Crippen molar-refractivity contribution < 1.29 is 50.3 Å². The van der Waals surface area contributed by atoms with Crippen molar-refractivity contribution >= 4 is 0 Å². The zero-order valence-electron chi connectivity index (χ0n) is 29.7. The van der Waals surface area contributed by atoms with E-state index in [1.807, 2.05) is 13.0 Å². The summed E-state index contributed by atoms with van der Waals surface area (Å²) in [5.41, 5.74) is -0.836. The summed E-state index contributed by atoms with van der Waals surface area (Å²) in [6, 6.07) is 0. The van der Waals surface area contributed by atoms with E-state index in [1.54, 1.807) is 0 Å². The van der Waals surface area contributed by atoms with Gasteiger partial charge < -0.3 is 50.3 Å². The van der Waals surface area contributed by atoms with Gasteiger partial charge in [0.1, 0.15) is 24.4 Å². The summed E-state index contributed by atoms with van der Waals surface area (Å²) in [7, 11) is 0. The lowest BCUT2D eigenvalue weighted by molar-refractivity contribution is -0.309. The topological polar surface area (TPSA) is 180 Å². The van der Waals surface area contributed by atoms with Gasteiger partial charge in [0.15, 0.2) is 6.29 Å². The second-order valence-electron chi connectivity index (χ2n) is 17.9. The van der Waals surface area contributed by atoms with E-state index in [1.165, 1.54) is 0 Å². The largest absolute Gasteiger partial charge is 0.394 e. The quantitative estimate of drug-likeness (QED) is 0.170. The Morgan fingerprint density at radius 2 is 1.57 bits per heavy atom. The molecule has 272 valence electrons. The van der Waals surface area contributed by atoms with Crippen molar-refractivity contribution in [3.63, 3.8) is 0 Å². The lowest BCUT2D eigenvalue weighted by Crippen LogP contribution is -2.69.